The number of amides is 3. The Labute approximate surface area is 271 Å². The fraction of sp³-hybridized carbons (Fsp3) is 0.743. The zero-order chi connectivity index (χ0) is 33.9. The number of amidine groups is 1. The van der Waals surface area contributed by atoms with Crippen molar-refractivity contribution in [3.8, 4) is 0 Å². The van der Waals surface area contributed by atoms with E-state index in [4.69, 9.17) is 4.99 Å². The van der Waals surface area contributed by atoms with Crippen molar-refractivity contribution in [3.63, 3.8) is 0 Å². The van der Waals surface area contributed by atoms with Crippen molar-refractivity contribution in [1.29, 1.82) is 0 Å². The minimum Gasteiger partial charge on any atom is -0.348 e. The normalized spacial score (nSPS) is 24.2. The Morgan fingerprint density at radius 2 is 1.53 bits per heavy atom. The molecule has 45 heavy (non-hydrogen) atoms. The average molecular weight is 627 g/mol. The smallest absolute Gasteiger partial charge is 0.245 e. The Bertz CT molecular complexity index is 1220. The van der Waals surface area contributed by atoms with Gasteiger partial charge in [-0.05, 0) is 63.8 Å². The molecule has 0 aromatic heterocycles. The highest BCUT2D eigenvalue weighted by molar-refractivity contribution is 6.10. The van der Waals surface area contributed by atoms with Gasteiger partial charge in [-0.3, -0.25) is 19.2 Å². The molecule has 10 heteroatoms. The predicted octanol–water partition coefficient (Wildman–Crippen LogP) is 3.92. The van der Waals surface area contributed by atoms with E-state index in [1.54, 1.807) is 33.0 Å². The summed E-state index contributed by atoms with van der Waals surface area (Å²) in [5, 5.41) is 6.19. The number of nitrogens with zero attached hydrogens (tertiary/aromatic N) is 4. The summed E-state index contributed by atoms with van der Waals surface area (Å²) in [5.74, 6) is 0.861. The van der Waals surface area contributed by atoms with E-state index in [0.717, 1.165) is 12.8 Å². The van der Waals surface area contributed by atoms with Gasteiger partial charge in [0.2, 0.25) is 17.7 Å². The van der Waals surface area contributed by atoms with Gasteiger partial charge in [-0.15, -0.1) is 0 Å². The molecule has 0 saturated heterocycles. The minimum absolute atomic E-state index is 0.104. The maximum absolute atomic E-state index is 14.3. The van der Waals surface area contributed by atoms with Gasteiger partial charge in [0.05, 0.1) is 6.04 Å². The van der Waals surface area contributed by atoms with Crippen LogP contribution in [-0.2, 0) is 19.2 Å². The first-order valence-electron chi connectivity index (χ1n) is 16.7. The maximum Gasteiger partial charge on any atom is 0.245 e. The van der Waals surface area contributed by atoms with Gasteiger partial charge in [-0.25, -0.2) is 4.99 Å². The number of Topliss-reactive ketones (excluding diaryl/α,β-unsaturated/α-hetero) is 1. The zero-order valence-electron chi connectivity index (χ0n) is 29.6. The minimum atomic E-state index is -0.950. The van der Waals surface area contributed by atoms with E-state index < -0.39 is 29.3 Å². The van der Waals surface area contributed by atoms with Crippen LogP contribution in [0.15, 0.2) is 28.8 Å². The lowest BCUT2D eigenvalue weighted by Gasteiger charge is -2.36. The summed E-state index contributed by atoms with van der Waals surface area (Å²) in [6.07, 6.45) is 10.7. The zero-order valence-corrected chi connectivity index (χ0v) is 29.6. The van der Waals surface area contributed by atoms with Crippen molar-refractivity contribution in [2.45, 2.75) is 123 Å². The second kappa shape index (κ2) is 14.6. The van der Waals surface area contributed by atoms with Crippen LogP contribution in [-0.4, -0.2) is 102 Å². The van der Waals surface area contributed by atoms with Crippen LogP contribution in [0.1, 0.15) is 93.4 Å². The van der Waals surface area contributed by atoms with Gasteiger partial charge in [0, 0.05) is 34.0 Å². The summed E-state index contributed by atoms with van der Waals surface area (Å²) in [7, 11) is 7.04. The van der Waals surface area contributed by atoms with Crippen molar-refractivity contribution in [1.82, 2.24) is 25.3 Å². The number of allylic oxidation sites excluding steroid dienone is 3. The molecule has 3 amide bonds. The number of ketones is 1. The van der Waals surface area contributed by atoms with Crippen molar-refractivity contribution >= 4 is 29.3 Å². The van der Waals surface area contributed by atoms with Crippen molar-refractivity contribution < 1.29 is 19.2 Å². The van der Waals surface area contributed by atoms with Gasteiger partial charge in [-0.1, -0.05) is 65.3 Å². The Kier molecular flexibility index (Phi) is 11.8. The molecule has 1 saturated carbocycles. The lowest BCUT2D eigenvalue weighted by Crippen LogP contribution is -2.58. The predicted molar refractivity (Wildman–Crippen MR) is 180 cm³/mol. The summed E-state index contributed by atoms with van der Waals surface area (Å²) in [6, 6.07) is -1.63. The molecular weight excluding hydrogens is 568 g/mol. The Morgan fingerprint density at radius 3 is 2.02 bits per heavy atom. The van der Waals surface area contributed by atoms with Crippen molar-refractivity contribution in [2.75, 3.05) is 28.2 Å². The van der Waals surface area contributed by atoms with E-state index in [9.17, 15) is 19.2 Å². The summed E-state index contributed by atoms with van der Waals surface area (Å²) in [4.78, 5) is 64.2. The van der Waals surface area contributed by atoms with Gasteiger partial charge in [-0.2, -0.15) is 0 Å². The van der Waals surface area contributed by atoms with E-state index in [2.05, 4.69) is 50.5 Å². The largest absolute Gasteiger partial charge is 0.348 e. The lowest BCUT2D eigenvalue weighted by molar-refractivity contribution is -0.141. The molecule has 0 aromatic rings. The molecule has 3 aliphatic rings. The molecule has 0 radical (unpaired) electrons. The van der Waals surface area contributed by atoms with E-state index in [1.165, 1.54) is 10.5 Å². The first kappa shape index (κ1) is 36.5. The van der Waals surface area contributed by atoms with Crippen LogP contribution in [0.5, 0.6) is 0 Å². The molecule has 0 aromatic carbocycles. The molecule has 252 valence electrons. The number of nitrogens with one attached hydrogen (secondary N) is 2. The topological polar surface area (TPSA) is 114 Å². The third-order valence-electron chi connectivity index (χ3n) is 9.49. The number of aliphatic imine (C=N–C) groups is 1. The number of carbonyl (C=O) groups is 4. The number of rotatable bonds is 16. The molecule has 1 unspecified atom stereocenters. The second-order valence-corrected chi connectivity index (χ2v) is 14.7. The highest BCUT2D eigenvalue weighted by atomic mass is 16.2. The Hall–Kier alpha value is -3.01. The number of carbonyl (C=O) groups excluding carboxylic acids is 4. The third kappa shape index (κ3) is 8.43. The van der Waals surface area contributed by atoms with Crippen LogP contribution in [0, 0.1) is 17.8 Å². The average Bonchev–Trinajstić information content (AvgIpc) is 3.86. The monoisotopic (exact) mass is 626 g/mol. The molecule has 1 aliphatic heterocycles. The first-order valence-corrected chi connectivity index (χ1v) is 16.7. The molecule has 2 aliphatic carbocycles. The molecule has 10 nitrogen and oxygen atoms in total. The van der Waals surface area contributed by atoms with Crippen molar-refractivity contribution in [3.05, 3.63) is 23.8 Å². The van der Waals surface area contributed by atoms with Gasteiger partial charge in [0.1, 0.15) is 17.6 Å². The molecule has 3 rings (SSSR count). The van der Waals surface area contributed by atoms with Crippen molar-refractivity contribution in [2.24, 2.45) is 22.7 Å². The fourth-order valence-corrected chi connectivity index (χ4v) is 6.58. The SMILES string of the molecule is CN[C@@H](C)C(=O)N(C)[C@@H](CC(C)C)C(=O)N[C@]1(CC(C)C)N=C1N(C)[C@@H](CC(C)C)C(=O)N(C)C1(CC2=CC=CCC2)CC1=O. The number of hydrogen-bond acceptors (Lipinski definition) is 7. The Balaban J connectivity index is 1.85. The second-order valence-electron chi connectivity index (χ2n) is 14.7. The van der Waals surface area contributed by atoms with E-state index in [0.29, 0.717) is 37.9 Å². The number of hydrogen-bond donors (Lipinski definition) is 2. The van der Waals surface area contributed by atoms with E-state index in [-0.39, 0.29) is 41.3 Å². The van der Waals surface area contributed by atoms with Crippen LogP contribution in [0.2, 0.25) is 0 Å². The molecule has 5 atom stereocenters. The van der Waals surface area contributed by atoms with Crippen LogP contribution in [0.3, 0.4) is 0 Å². The Morgan fingerprint density at radius 1 is 0.933 bits per heavy atom. The summed E-state index contributed by atoms with van der Waals surface area (Å²) >= 11 is 0. The third-order valence-corrected chi connectivity index (χ3v) is 9.49. The van der Waals surface area contributed by atoms with E-state index in [1.807, 2.05) is 31.9 Å². The number of likely N-dealkylation sites (N-methyl/N-ethyl adjacent to an activating group) is 4. The molecular formula is C35H58N6O4. The van der Waals surface area contributed by atoms with Crippen LogP contribution in [0.4, 0.5) is 0 Å². The molecule has 0 spiro atoms. The van der Waals surface area contributed by atoms with Gasteiger partial charge in [0.15, 0.2) is 17.3 Å². The molecule has 0 bridgehead atoms. The van der Waals surface area contributed by atoms with Gasteiger partial charge in [0.25, 0.3) is 0 Å². The van der Waals surface area contributed by atoms with E-state index >= 15 is 0 Å². The van der Waals surface area contributed by atoms with Gasteiger partial charge >= 0.3 is 0 Å². The first-order chi connectivity index (χ1) is 21.0. The van der Waals surface area contributed by atoms with Crippen LogP contribution in [0.25, 0.3) is 0 Å². The van der Waals surface area contributed by atoms with Crippen LogP contribution < -0.4 is 10.6 Å². The quantitative estimate of drug-likeness (QED) is 0.269. The van der Waals surface area contributed by atoms with Gasteiger partial charge < -0.3 is 25.3 Å². The molecule has 2 N–H and O–H groups in total. The molecule has 1 heterocycles. The fourth-order valence-electron chi connectivity index (χ4n) is 6.58. The summed E-state index contributed by atoms with van der Waals surface area (Å²) < 4.78 is 0. The maximum atomic E-state index is 14.3. The highest BCUT2D eigenvalue weighted by Gasteiger charge is 2.60. The lowest BCUT2D eigenvalue weighted by atomic mass is 9.94. The molecule has 1 fully saturated rings. The highest BCUT2D eigenvalue weighted by Crippen LogP contribution is 2.44. The summed E-state index contributed by atoms with van der Waals surface area (Å²) in [6.45, 7) is 14.2. The van der Waals surface area contributed by atoms with Crippen LogP contribution >= 0.6 is 0 Å². The summed E-state index contributed by atoms with van der Waals surface area (Å²) in [5.41, 5.74) is -0.538. The standard InChI is InChI=1S/C35H58N6O4/c1-22(2)17-27(39(9)31(44)25(7)36-8)30(43)37-35(19-24(5)6)33(38-35)40(10)28(18-23(3)4)32(45)41(11)34(21-29(34)42)20-26-15-13-12-14-16-26/h12-13,15,22-25,27-28,36H,14,16-21H2,1-11H3,(H,37,43)/t25-,27-,28-,34?,35+/m0/s1.